The van der Waals surface area contributed by atoms with Gasteiger partial charge in [0, 0.05) is 45.4 Å². The van der Waals surface area contributed by atoms with Crippen molar-refractivity contribution in [1.82, 2.24) is 20.9 Å². The van der Waals surface area contributed by atoms with E-state index in [-0.39, 0.29) is 6.23 Å². The molecule has 2 fully saturated rings. The second-order valence-electron chi connectivity index (χ2n) is 5.30. The molecule has 17 heavy (non-hydrogen) atoms. The van der Waals surface area contributed by atoms with E-state index >= 15 is 0 Å². The summed E-state index contributed by atoms with van der Waals surface area (Å²) in [4.78, 5) is 2.38. The molecule has 5 heteroatoms. The quantitative estimate of drug-likeness (QED) is 0.601. The summed E-state index contributed by atoms with van der Waals surface area (Å²) in [7, 11) is 0. The first-order chi connectivity index (χ1) is 8.25. The average molecular weight is 242 g/mol. The fourth-order valence-corrected chi connectivity index (χ4v) is 2.32. The predicted molar refractivity (Wildman–Crippen MR) is 68.8 cm³/mol. The van der Waals surface area contributed by atoms with Crippen LogP contribution in [-0.2, 0) is 4.74 Å². The van der Waals surface area contributed by atoms with Crippen LogP contribution in [0.1, 0.15) is 13.8 Å². The number of hydrogen-bond donors (Lipinski definition) is 3. The standard InChI is InChI=1S/C12H26N4O/c1-10(2)11-7-15-12(8-14-11)17-6-5-16-4-3-13-9-16/h10-15H,3-9H2,1-2H3. The first-order valence-electron chi connectivity index (χ1n) is 6.77. The summed E-state index contributed by atoms with van der Waals surface area (Å²) in [5, 5.41) is 10.3. The summed E-state index contributed by atoms with van der Waals surface area (Å²) in [5.74, 6) is 0.680. The average Bonchev–Trinajstić information content (AvgIpc) is 2.83. The lowest BCUT2D eigenvalue weighted by Gasteiger charge is -2.33. The molecule has 0 radical (unpaired) electrons. The molecule has 2 unspecified atom stereocenters. The Morgan fingerprint density at radius 3 is 2.76 bits per heavy atom. The van der Waals surface area contributed by atoms with E-state index in [0.29, 0.717) is 12.0 Å². The van der Waals surface area contributed by atoms with Gasteiger partial charge in [-0.25, -0.2) is 0 Å². The zero-order valence-electron chi connectivity index (χ0n) is 11.0. The van der Waals surface area contributed by atoms with E-state index in [4.69, 9.17) is 4.74 Å². The van der Waals surface area contributed by atoms with Gasteiger partial charge in [0.1, 0.15) is 6.23 Å². The van der Waals surface area contributed by atoms with Crippen molar-refractivity contribution in [3.05, 3.63) is 0 Å². The van der Waals surface area contributed by atoms with Gasteiger partial charge in [-0.1, -0.05) is 13.8 Å². The van der Waals surface area contributed by atoms with Gasteiger partial charge in [-0.15, -0.1) is 0 Å². The van der Waals surface area contributed by atoms with Crippen molar-refractivity contribution in [1.29, 1.82) is 0 Å². The Hall–Kier alpha value is -0.200. The molecule has 0 aromatic heterocycles. The van der Waals surface area contributed by atoms with Crippen LogP contribution in [-0.4, -0.2) is 63.2 Å². The maximum atomic E-state index is 5.83. The van der Waals surface area contributed by atoms with Gasteiger partial charge in [-0.3, -0.25) is 10.2 Å². The topological polar surface area (TPSA) is 48.6 Å². The largest absolute Gasteiger partial charge is 0.361 e. The lowest BCUT2D eigenvalue weighted by molar-refractivity contribution is 0.00255. The number of nitrogens with zero attached hydrogens (tertiary/aromatic N) is 1. The van der Waals surface area contributed by atoms with Gasteiger partial charge in [0.25, 0.3) is 0 Å². The third-order valence-corrected chi connectivity index (χ3v) is 3.60. The summed E-state index contributed by atoms with van der Waals surface area (Å²) in [6, 6.07) is 0.581. The van der Waals surface area contributed by atoms with Crippen molar-refractivity contribution >= 4 is 0 Å². The van der Waals surface area contributed by atoms with Crippen LogP contribution < -0.4 is 16.0 Å². The van der Waals surface area contributed by atoms with E-state index in [2.05, 4.69) is 34.7 Å². The minimum atomic E-state index is 0.181. The Kier molecular flexibility index (Phi) is 5.18. The van der Waals surface area contributed by atoms with Crippen LogP contribution in [0, 0.1) is 5.92 Å². The van der Waals surface area contributed by atoms with Gasteiger partial charge in [0.15, 0.2) is 0 Å². The molecular formula is C12H26N4O. The Labute approximate surface area is 104 Å². The fraction of sp³-hybridized carbons (Fsp3) is 1.00. The van der Waals surface area contributed by atoms with Gasteiger partial charge in [-0.2, -0.15) is 0 Å². The van der Waals surface area contributed by atoms with Crippen molar-refractivity contribution in [2.75, 3.05) is 46.0 Å². The Morgan fingerprint density at radius 1 is 1.29 bits per heavy atom. The Morgan fingerprint density at radius 2 is 2.18 bits per heavy atom. The zero-order valence-corrected chi connectivity index (χ0v) is 11.0. The summed E-state index contributed by atoms with van der Waals surface area (Å²) < 4.78 is 5.83. The van der Waals surface area contributed by atoms with Crippen LogP contribution in [0.25, 0.3) is 0 Å². The number of ether oxygens (including phenoxy) is 1. The van der Waals surface area contributed by atoms with Gasteiger partial charge in [-0.05, 0) is 5.92 Å². The molecule has 2 aliphatic rings. The van der Waals surface area contributed by atoms with Crippen LogP contribution in [0.5, 0.6) is 0 Å². The Balaban J connectivity index is 1.55. The van der Waals surface area contributed by atoms with Crippen LogP contribution in [0.3, 0.4) is 0 Å². The smallest absolute Gasteiger partial charge is 0.120 e. The summed E-state index contributed by atoms with van der Waals surface area (Å²) in [6.45, 7) is 11.5. The molecule has 0 aromatic rings. The van der Waals surface area contributed by atoms with E-state index in [1.54, 1.807) is 0 Å². The second-order valence-corrected chi connectivity index (χ2v) is 5.30. The molecule has 0 bridgehead atoms. The minimum Gasteiger partial charge on any atom is -0.361 e. The molecule has 0 saturated carbocycles. The molecule has 2 rings (SSSR count). The van der Waals surface area contributed by atoms with E-state index < -0.39 is 0 Å². The van der Waals surface area contributed by atoms with Gasteiger partial charge in [0.2, 0.25) is 0 Å². The van der Waals surface area contributed by atoms with Crippen molar-refractivity contribution in [2.24, 2.45) is 5.92 Å². The number of rotatable bonds is 5. The van der Waals surface area contributed by atoms with Crippen molar-refractivity contribution in [3.8, 4) is 0 Å². The first kappa shape index (κ1) is 13.2. The summed E-state index contributed by atoms with van der Waals surface area (Å²) in [6.07, 6.45) is 0.181. The minimum absolute atomic E-state index is 0.181. The van der Waals surface area contributed by atoms with Gasteiger partial charge < -0.3 is 15.4 Å². The Bertz CT molecular complexity index is 211. The summed E-state index contributed by atoms with van der Waals surface area (Å²) in [5.41, 5.74) is 0. The maximum absolute atomic E-state index is 5.83. The first-order valence-corrected chi connectivity index (χ1v) is 6.77. The van der Waals surface area contributed by atoms with Crippen LogP contribution >= 0.6 is 0 Å². The van der Waals surface area contributed by atoms with Crippen molar-refractivity contribution < 1.29 is 4.74 Å². The highest BCUT2D eigenvalue weighted by atomic mass is 16.5. The molecule has 0 spiro atoms. The lowest BCUT2D eigenvalue weighted by Crippen LogP contribution is -2.57. The van der Waals surface area contributed by atoms with E-state index in [9.17, 15) is 0 Å². The summed E-state index contributed by atoms with van der Waals surface area (Å²) >= 11 is 0. The number of nitrogens with one attached hydrogen (secondary N) is 3. The predicted octanol–water partition coefficient (Wildman–Crippen LogP) is -0.591. The molecule has 2 heterocycles. The van der Waals surface area contributed by atoms with E-state index in [1.165, 1.54) is 0 Å². The third-order valence-electron chi connectivity index (χ3n) is 3.60. The monoisotopic (exact) mass is 242 g/mol. The SMILES string of the molecule is CC(C)C1CNC(OCCN2CCNC2)CN1. The lowest BCUT2D eigenvalue weighted by atomic mass is 10.0. The molecule has 2 atom stereocenters. The van der Waals surface area contributed by atoms with Crippen LogP contribution in [0.15, 0.2) is 0 Å². The molecule has 0 aliphatic carbocycles. The molecule has 2 aliphatic heterocycles. The fourth-order valence-electron chi connectivity index (χ4n) is 2.32. The maximum Gasteiger partial charge on any atom is 0.120 e. The molecule has 5 nitrogen and oxygen atoms in total. The molecular weight excluding hydrogens is 216 g/mol. The molecule has 100 valence electrons. The van der Waals surface area contributed by atoms with E-state index in [0.717, 1.165) is 46.0 Å². The molecule has 0 aromatic carbocycles. The molecule has 3 N–H and O–H groups in total. The molecule has 0 amide bonds. The van der Waals surface area contributed by atoms with Crippen molar-refractivity contribution in [2.45, 2.75) is 26.1 Å². The van der Waals surface area contributed by atoms with E-state index in [1.807, 2.05) is 0 Å². The second kappa shape index (κ2) is 6.66. The van der Waals surface area contributed by atoms with Gasteiger partial charge >= 0.3 is 0 Å². The number of hydrogen-bond acceptors (Lipinski definition) is 5. The zero-order chi connectivity index (χ0) is 12.1. The number of piperazine rings is 1. The van der Waals surface area contributed by atoms with Crippen molar-refractivity contribution in [3.63, 3.8) is 0 Å². The highest BCUT2D eigenvalue weighted by molar-refractivity contribution is 4.80. The highest BCUT2D eigenvalue weighted by Gasteiger charge is 2.22. The highest BCUT2D eigenvalue weighted by Crippen LogP contribution is 2.05. The van der Waals surface area contributed by atoms with Crippen LogP contribution in [0.4, 0.5) is 0 Å². The third kappa shape index (κ3) is 4.19. The molecule has 2 saturated heterocycles. The van der Waals surface area contributed by atoms with Gasteiger partial charge in [0.05, 0.1) is 6.61 Å². The van der Waals surface area contributed by atoms with Crippen LogP contribution in [0.2, 0.25) is 0 Å². The normalized spacial score (nSPS) is 31.2.